The van der Waals surface area contributed by atoms with Crippen molar-refractivity contribution in [1.29, 1.82) is 0 Å². The molecule has 0 heterocycles. The topological polar surface area (TPSA) is 83.7 Å². The molecule has 0 saturated heterocycles. The minimum atomic E-state index is -1.34. The van der Waals surface area contributed by atoms with E-state index in [1.54, 1.807) is 6.92 Å². The van der Waals surface area contributed by atoms with Crippen molar-refractivity contribution < 1.29 is 23.6 Å². The van der Waals surface area contributed by atoms with Crippen LogP contribution in [-0.4, -0.2) is 40.5 Å². The van der Waals surface area contributed by atoms with Crippen molar-refractivity contribution in [3.05, 3.63) is 39.4 Å². The van der Waals surface area contributed by atoms with Gasteiger partial charge in [-0.15, -0.1) is 0 Å². The Labute approximate surface area is 113 Å². The van der Waals surface area contributed by atoms with Crippen molar-refractivity contribution in [2.45, 2.75) is 13.3 Å². The summed E-state index contributed by atoms with van der Waals surface area (Å²) >= 11 is 0. The molecular weight excluding hydrogens is 274 g/mol. The van der Waals surface area contributed by atoms with E-state index in [9.17, 15) is 23.7 Å². The van der Waals surface area contributed by atoms with Crippen molar-refractivity contribution in [1.82, 2.24) is 4.90 Å². The molecule has 6 nitrogen and oxygen atoms in total. The van der Waals surface area contributed by atoms with Gasteiger partial charge < -0.3 is 10.0 Å². The van der Waals surface area contributed by atoms with E-state index >= 15 is 0 Å². The van der Waals surface area contributed by atoms with E-state index in [0.29, 0.717) is 18.6 Å². The molecule has 110 valence electrons. The van der Waals surface area contributed by atoms with Crippen molar-refractivity contribution in [2.75, 3.05) is 19.7 Å². The van der Waals surface area contributed by atoms with Gasteiger partial charge in [0.25, 0.3) is 5.91 Å². The first-order valence-corrected chi connectivity index (χ1v) is 5.95. The molecule has 0 bridgehead atoms. The molecule has 1 amide bonds. The van der Waals surface area contributed by atoms with E-state index in [1.165, 1.54) is 0 Å². The lowest BCUT2D eigenvalue weighted by atomic mass is 10.1. The highest BCUT2D eigenvalue weighted by molar-refractivity contribution is 5.95. The number of hydrogen-bond donors (Lipinski definition) is 1. The smallest absolute Gasteiger partial charge is 0.305 e. The van der Waals surface area contributed by atoms with Gasteiger partial charge in [0, 0.05) is 25.2 Å². The van der Waals surface area contributed by atoms with Crippen molar-refractivity contribution in [3.63, 3.8) is 0 Å². The maximum atomic E-state index is 13.6. The number of carbonyl (C=O) groups is 1. The number of rotatable bonds is 6. The van der Waals surface area contributed by atoms with Crippen LogP contribution in [0, 0.1) is 21.7 Å². The van der Waals surface area contributed by atoms with Crippen LogP contribution >= 0.6 is 0 Å². The minimum Gasteiger partial charge on any atom is -0.395 e. The molecular formula is C12H14F2N2O4. The summed E-state index contributed by atoms with van der Waals surface area (Å²) in [4.78, 5) is 22.8. The first-order chi connectivity index (χ1) is 9.42. The van der Waals surface area contributed by atoms with Gasteiger partial charge in [-0.1, -0.05) is 6.92 Å². The second kappa shape index (κ2) is 6.90. The Morgan fingerprint density at radius 1 is 1.35 bits per heavy atom. The van der Waals surface area contributed by atoms with E-state index in [1.807, 2.05) is 0 Å². The molecule has 0 radical (unpaired) electrons. The Balaban J connectivity index is 3.20. The summed E-state index contributed by atoms with van der Waals surface area (Å²) in [5.41, 5.74) is -1.55. The molecule has 1 N–H and O–H groups in total. The first-order valence-electron chi connectivity index (χ1n) is 5.95. The molecule has 0 aliphatic carbocycles. The summed E-state index contributed by atoms with van der Waals surface area (Å²) in [6.45, 7) is 1.68. The molecule has 20 heavy (non-hydrogen) atoms. The highest BCUT2D eigenvalue weighted by Crippen LogP contribution is 2.22. The molecule has 0 aliphatic heterocycles. The first kappa shape index (κ1) is 16.0. The van der Waals surface area contributed by atoms with Gasteiger partial charge in [-0.05, 0) is 6.42 Å². The Kier molecular flexibility index (Phi) is 5.51. The maximum absolute atomic E-state index is 13.6. The van der Waals surface area contributed by atoms with Gasteiger partial charge in [0.05, 0.1) is 17.1 Å². The Bertz CT molecular complexity index is 516. The third-order valence-corrected chi connectivity index (χ3v) is 2.61. The quantitative estimate of drug-likeness (QED) is 0.638. The van der Waals surface area contributed by atoms with Crippen LogP contribution in [0.5, 0.6) is 0 Å². The van der Waals surface area contributed by atoms with Gasteiger partial charge >= 0.3 is 5.69 Å². The number of nitrogens with zero attached hydrogens (tertiary/aromatic N) is 2. The van der Waals surface area contributed by atoms with Crippen LogP contribution in [0.25, 0.3) is 0 Å². The van der Waals surface area contributed by atoms with Crippen LogP contribution in [0.4, 0.5) is 14.5 Å². The van der Waals surface area contributed by atoms with Crippen LogP contribution in [0.1, 0.15) is 23.7 Å². The molecule has 0 spiro atoms. The van der Waals surface area contributed by atoms with Gasteiger partial charge in [0.15, 0.2) is 0 Å². The summed E-state index contributed by atoms with van der Waals surface area (Å²) in [7, 11) is 0. The molecule has 0 saturated carbocycles. The van der Waals surface area contributed by atoms with Crippen molar-refractivity contribution >= 4 is 11.6 Å². The van der Waals surface area contributed by atoms with Crippen LogP contribution in [-0.2, 0) is 0 Å². The molecule has 0 unspecified atom stereocenters. The number of carbonyl (C=O) groups excluding carboxylic acids is 1. The standard InChI is InChI=1S/C12H14F2N2O4/c1-2-3-15(4-5-17)12(18)8-6-11(16(19)20)10(14)7-9(8)13/h6-7,17H,2-5H2,1H3. The van der Waals surface area contributed by atoms with E-state index in [2.05, 4.69) is 0 Å². The number of hydrogen-bond acceptors (Lipinski definition) is 4. The fourth-order valence-corrected chi connectivity index (χ4v) is 1.72. The zero-order valence-corrected chi connectivity index (χ0v) is 10.8. The van der Waals surface area contributed by atoms with Crippen LogP contribution in [0.3, 0.4) is 0 Å². The van der Waals surface area contributed by atoms with Gasteiger partial charge in [-0.3, -0.25) is 14.9 Å². The van der Waals surface area contributed by atoms with Gasteiger partial charge in [-0.25, -0.2) is 4.39 Å². The third-order valence-electron chi connectivity index (χ3n) is 2.61. The molecule has 1 aromatic carbocycles. The maximum Gasteiger partial charge on any atom is 0.305 e. The Hall–Kier alpha value is -2.09. The van der Waals surface area contributed by atoms with Gasteiger partial charge in [0.1, 0.15) is 5.82 Å². The largest absolute Gasteiger partial charge is 0.395 e. The predicted molar refractivity (Wildman–Crippen MR) is 66.3 cm³/mol. The van der Waals surface area contributed by atoms with E-state index < -0.39 is 33.7 Å². The fraction of sp³-hybridized carbons (Fsp3) is 0.417. The van der Waals surface area contributed by atoms with Crippen molar-refractivity contribution in [3.8, 4) is 0 Å². The van der Waals surface area contributed by atoms with E-state index in [0.717, 1.165) is 4.90 Å². The lowest BCUT2D eigenvalue weighted by Crippen LogP contribution is -2.34. The SMILES string of the molecule is CCCN(CCO)C(=O)c1cc([N+](=O)[O-])c(F)cc1F. The monoisotopic (exact) mass is 288 g/mol. The summed E-state index contributed by atoms with van der Waals surface area (Å²) < 4.78 is 26.8. The Morgan fingerprint density at radius 2 is 2.00 bits per heavy atom. The summed E-state index contributed by atoms with van der Waals surface area (Å²) in [6, 6.07) is 0.890. The van der Waals surface area contributed by atoms with E-state index in [-0.39, 0.29) is 19.7 Å². The number of amides is 1. The second-order valence-electron chi connectivity index (χ2n) is 4.06. The number of nitro benzene ring substituents is 1. The number of benzene rings is 1. The van der Waals surface area contributed by atoms with Crippen LogP contribution in [0.15, 0.2) is 12.1 Å². The average molecular weight is 288 g/mol. The number of aliphatic hydroxyl groups excluding tert-OH is 1. The zero-order valence-electron chi connectivity index (χ0n) is 10.8. The fourth-order valence-electron chi connectivity index (χ4n) is 1.72. The molecule has 0 atom stereocenters. The lowest BCUT2D eigenvalue weighted by molar-refractivity contribution is -0.387. The normalized spacial score (nSPS) is 10.4. The summed E-state index contributed by atoms with van der Waals surface area (Å²) in [5.74, 6) is -3.33. The predicted octanol–water partition coefficient (Wildman–Crippen LogP) is 1.72. The Morgan fingerprint density at radius 3 is 2.50 bits per heavy atom. The summed E-state index contributed by atoms with van der Waals surface area (Å²) in [6.07, 6.45) is 0.566. The number of aliphatic hydroxyl groups is 1. The van der Waals surface area contributed by atoms with Gasteiger partial charge in [0.2, 0.25) is 5.82 Å². The van der Waals surface area contributed by atoms with Crippen molar-refractivity contribution in [2.24, 2.45) is 0 Å². The second-order valence-corrected chi connectivity index (χ2v) is 4.06. The molecule has 1 rings (SSSR count). The molecule has 1 aromatic rings. The molecule has 0 aliphatic rings. The van der Waals surface area contributed by atoms with Crippen LogP contribution < -0.4 is 0 Å². The highest BCUT2D eigenvalue weighted by atomic mass is 19.1. The highest BCUT2D eigenvalue weighted by Gasteiger charge is 2.25. The van der Waals surface area contributed by atoms with Gasteiger partial charge in [-0.2, -0.15) is 4.39 Å². The number of nitro groups is 1. The summed E-state index contributed by atoms with van der Waals surface area (Å²) in [5, 5.41) is 19.5. The number of halogens is 2. The molecule has 8 heteroatoms. The third kappa shape index (κ3) is 3.47. The lowest BCUT2D eigenvalue weighted by Gasteiger charge is -2.21. The van der Waals surface area contributed by atoms with E-state index in [4.69, 9.17) is 5.11 Å². The minimum absolute atomic E-state index is 0.0305. The van der Waals surface area contributed by atoms with Crippen LogP contribution in [0.2, 0.25) is 0 Å². The average Bonchev–Trinajstić information content (AvgIpc) is 2.37. The zero-order chi connectivity index (χ0) is 15.3. The molecule has 0 fully saturated rings. The molecule has 0 aromatic heterocycles.